The number of anilines is 1. The van der Waals surface area contributed by atoms with Crippen molar-refractivity contribution in [2.45, 2.75) is 58.9 Å². The van der Waals surface area contributed by atoms with Gasteiger partial charge in [-0.3, -0.25) is 4.79 Å². The molecule has 2 rings (SSSR count). The summed E-state index contributed by atoms with van der Waals surface area (Å²) in [6, 6.07) is 0.579. The minimum absolute atomic E-state index is 0.366. The van der Waals surface area contributed by atoms with Gasteiger partial charge in [0.1, 0.15) is 0 Å². The van der Waals surface area contributed by atoms with Crippen molar-refractivity contribution in [3.63, 3.8) is 0 Å². The molecule has 0 bridgehead atoms. The third-order valence-corrected chi connectivity index (χ3v) is 5.20. The van der Waals surface area contributed by atoms with Gasteiger partial charge in [-0.25, -0.2) is 4.98 Å². The molecule has 1 fully saturated rings. The number of carbonyl (C=O) groups excluding carboxylic acids is 1. The third-order valence-electron chi connectivity index (χ3n) is 4.17. The van der Waals surface area contributed by atoms with Gasteiger partial charge in [0.05, 0.1) is 10.6 Å². The summed E-state index contributed by atoms with van der Waals surface area (Å²) in [5, 5.41) is 1.05. The monoisotopic (exact) mass is 280 g/mol. The van der Waals surface area contributed by atoms with Crippen molar-refractivity contribution in [3.05, 3.63) is 10.6 Å². The van der Waals surface area contributed by atoms with Gasteiger partial charge in [0.2, 0.25) is 0 Å². The van der Waals surface area contributed by atoms with E-state index in [0.717, 1.165) is 35.0 Å². The lowest BCUT2D eigenvalue weighted by atomic mass is 10.0. The van der Waals surface area contributed by atoms with Crippen molar-refractivity contribution in [1.82, 2.24) is 4.98 Å². The summed E-state index contributed by atoms with van der Waals surface area (Å²) in [6.45, 7) is 9.91. The average molecular weight is 280 g/mol. The second-order valence-corrected chi connectivity index (χ2v) is 6.83. The molecule has 0 aromatic carbocycles. The highest BCUT2D eigenvalue weighted by Gasteiger charge is 2.30. The van der Waals surface area contributed by atoms with Crippen molar-refractivity contribution >= 4 is 22.8 Å². The highest BCUT2D eigenvalue weighted by atomic mass is 32.1. The van der Waals surface area contributed by atoms with Gasteiger partial charge in [-0.05, 0) is 31.1 Å². The number of hydrogen-bond acceptors (Lipinski definition) is 4. The number of aromatic nitrogens is 1. The molecule has 1 aliphatic heterocycles. The van der Waals surface area contributed by atoms with E-state index in [2.05, 4.69) is 32.6 Å². The van der Waals surface area contributed by atoms with E-state index in [9.17, 15) is 4.79 Å². The Labute approximate surface area is 120 Å². The highest BCUT2D eigenvalue weighted by Crippen LogP contribution is 2.36. The van der Waals surface area contributed by atoms with Gasteiger partial charge in [0.25, 0.3) is 0 Å². The van der Waals surface area contributed by atoms with E-state index >= 15 is 0 Å². The van der Waals surface area contributed by atoms with Gasteiger partial charge in [-0.1, -0.05) is 39.0 Å². The smallest absolute Gasteiger partial charge is 0.186 e. The maximum atomic E-state index is 11.2. The molecule has 0 amide bonds. The first-order chi connectivity index (χ1) is 9.08. The zero-order valence-corrected chi connectivity index (χ0v) is 13.2. The van der Waals surface area contributed by atoms with E-state index in [0.29, 0.717) is 17.9 Å². The van der Waals surface area contributed by atoms with Crippen LogP contribution in [0.5, 0.6) is 0 Å². The van der Waals surface area contributed by atoms with Gasteiger partial charge < -0.3 is 4.90 Å². The summed E-state index contributed by atoms with van der Waals surface area (Å²) >= 11 is 1.57. The zero-order valence-electron chi connectivity index (χ0n) is 12.3. The predicted octanol–water partition coefficient (Wildman–Crippen LogP) is 4.09. The van der Waals surface area contributed by atoms with Crippen LogP contribution in [0.3, 0.4) is 0 Å². The molecule has 1 aliphatic rings. The Kier molecular flexibility index (Phi) is 4.61. The van der Waals surface area contributed by atoms with Crippen molar-refractivity contribution in [2.24, 2.45) is 5.92 Å². The second kappa shape index (κ2) is 6.04. The molecule has 4 heteroatoms. The van der Waals surface area contributed by atoms with Crippen molar-refractivity contribution in [1.29, 1.82) is 0 Å². The Morgan fingerprint density at radius 1 is 1.47 bits per heavy atom. The standard InChI is InChI=1S/C15H24N2OS/c1-5-11(4)14-13(9-18)19-15(16-14)17-8-6-7-12(17)10(2)3/h9-12H,5-8H2,1-4H3. The number of carbonyl (C=O) groups is 1. The molecule has 0 spiro atoms. The Bertz CT molecular complexity index is 441. The predicted molar refractivity (Wildman–Crippen MR) is 81.4 cm³/mol. The van der Waals surface area contributed by atoms with Crippen molar-refractivity contribution in [2.75, 3.05) is 11.4 Å². The molecule has 3 nitrogen and oxygen atoms in total. The molecule has 0 radical (unpaired) electrons. The fraction of sp³-hybridized carbons (Fsp3) is 0.733. The van der Waals surface area contributed by atoms with Crippen LogP contribution >= 0.6 is 11.3 Å². The van der Waals surface area contributed by atoms with Crippen LogP contribution in [0.4, 0.5) is 5.13 Å². The minimum Gasteiger partial charge on any atom is -0.345 e. The van der Waals surface area contributed by atoms with Crippen molar-refractivity contribution in [3.8, 4) is 0 Å². The van der Waals surface area contributed by atoms with Gasteiger partial charge in [-0.15, -0.1) is 0 Å². The number of nitrogens with zero attached hydrogens (tertiary/aromatic N) is 2. The molecule has 106 valence electrons. The summed E-state index contributed by atoms with van der Waals surface area (Å²) in [5.41, 5.74) is 0.993. The van der Waals surface area contributed by atoms with Crippen LogP contribution < -0.4 is 4.90 Å². The fourth-order valence-corrected chi connectivity index (χ4v) is 3.89. The highest BCUT2D eigenvalue weighted by molar-refractivity contribution is 7.17. The lowest BCUT2D eigenvalue weighted by molar-refractivity contribution is 0.112. The summed E-state index contributed by atoms with van der Waals surface area (Å²) < 4.78 is 0. The van der Waals surface area contributed by atoms with E-state index in [-0.39, 0.29) is 0 Å². The number of aldehydes is 1. The number of thiazole rings is 1. The van der Waals surface area contributed by atoms with Gasteiger partial charge in [-0.2, -0.15) is 0 Å². The SMILES string of the molecule is CCC(C)c1nc(N2CCCC2C(C)C)sc1C=O. The van der Waals surface area contributed by atoms with Crippen LogP contribution in [0.2, 0.25) is 0 Å². The van der Waals surface area contributed by atoms with Crippen molar-refractivity contribution < 1.29 is 4.79 Å². The van der Waals surface area contributed by atoms with E-state index in [1.165, 1.54) is 12.8 Å². The molecule has 19 heavy (non-hydrogen) atoms. The summed E-state index contributed by atoms with van der Waals surface area (Å²) in [6.07, 6.45) is 4.48. The van der Waals surface area contributed by atoms with E-state index < -0.39 is 0 Å². The minimum atomic E-state index is 0.366. The zero-order chi connectivity index (χ0) is 14.0. The first-order valence-electron chi connectivity index (χ1n) is 7.31. The van der Waals surface area contributed by atoms with Crippen LogP contribution in [0.1, 0.15) is 68.2 Å². The van der Waals surface area contributed by atoms with Gasteiger partial charge >= 0.3 is 0 Å². The summed E-state index contributed by atoms with van der Waals surface area (Å²) in [5.74, 6) is 1.00. The molecule has 1 aromatic heterocycles. The summed E-state index contributed by atoms with van der Waals surface area (Å²) in [4.78, 5) is 19.3. The first kappa shape index (κ1) is 14.5. The molecule has 0 N–H and O–H groups in total. The van der Waals surface area contributed by atoms with Crippen LogP contribution in [-0.4, -0.2) is 23.9 Å². The Morgan fingerprint density at radius 3 is 2.79 bits per heavy atom. The second-order valence-electron chi connectivity index (χ2n) is 5.82. The van der Waals surface area contributed by atoms with Gasteiger partial charge in [0, 0.05) is 12.6 Å². The molecule has 2 atom stereocenters. The number of rotatable bonds is 5. The van der Waals surface area contributed by atoms with E-state index in [1.807, 2.05) is 0 Å². The largest absolute Gasteiger partial charge is 0.345 e. The molecule has 1 aromatic rings. The third kappa shape index (κ3) is 2.83. The van der Waals surface area contributed by atoms with Crippen LogP contribution in [0, 0.1) is 5.92 Å². The summed E-state index contributed by atoms with van der Waals surface area (Å²) in [7, 11) is 0. The molecular formula is C15H24N2OS. The first-order valence-corrected chi connectivity index (χ1v) is 8.12. The van der Waals surface area contributed by atoms with Crippen LogP contribution in [-0.2, 0) is 0 Å². The number of hydrogen-bond donors (Lipinski definition) is 0. The average Bonchev–Trinajstić information content (AvgIpc) is 3.03. The molecular weight excluding hydrogens is 256 g/mol. The van der Waals surface area contributed by atoms with Gasteiger partial charge in [0.15, 0.2) is 11.4 Å². The Morgan fingerprint density at radius 2 is 2.21 bits per heavy atom. The normalized spacial score (nSPS) is 21.1. The lowest BCUT2D eigenvalue weighted by Gasteiger charge is -2.27. The molecule has 0 saturated carbocycles. The maximum Gasteiger partial charge on any atom is 0.186 e. The Hall–Kier alpha value is -0.900. The molecule has 0 aliphatic carbocycles. The van der Waals surface area contributed by atoms with Crippen LogP contribution in [0.15, 0.2) is 0 Å². The molecule has 2 heterocycles. The topological polar surface area (TPSA) is 33.2 Å². The van der Waals surface area contributed by atoms with E-state index in [4.69, 9.17) is 4.98 Å². The molecule has 2 unspecified atom stereocenters. The van der Waals surface area contributed by atoms with Crippen LogP contribution in [0.25, 0.3) is 0 Å². The Balaban J connectivity index is 2.30. The quantitative estimate of drug-likeness (QED) is 0.762. The molecule has 1 saturated heterocycles. The maximum absolute atomic E-state index is 11.2. The van der Waals surface area contributed by atoms with E-state index in [1.54, 1.807) is 11.3 Å². The lowest BCUT2D eigenvalue weighted by Crippen LogP contribution is -2.33. The fourth-order valence-electron chi connectivity index (χ4n) is 2.81.